The summed E-state index contributed by atoms with van der Waals surface area (Å²) >= 11 is 0. The summed E-state index contributed by atoms with van der Waals surface area (Å²) in [6.45, 7) is 7.71. The fraction of sp³-hybridized carbons (Fsp3) is 0.562. The normalized spacial score (nSPS) is 11.6. The van der Waals surface area contributed by atoms with Crippen molar-refractivity contribution in [2.45, 2.75) is 47.0 Å². The van der Waals surface area contributed by atoms with E-state index in [9.17, 15) is 13.2 Å². The molecule has 20 heavy (non-hydrogen) atoms. The third-order valence-electron chi connectivity index (χ3n) is 3.37. The number of aryl methyl sites for hydroxylation is 3. The van der Waals surface area contributed by atoms with E-state index in [1.165, 1.54) is 0 Å². The maximum atomic E-state index is 12.3. The van der Waals surface area contributed by atoms with Gasteiger partial charge in [-0.3, -0.25) is 4.79 Å². The predicted octanol–water partition coefficient (Wildman–Crippen LogP) is 3.40. The topological polar surface area (TPSA) is 51.2 Å². The molecule has 3 nitrogen and oxygen atoms in total. The van der Waals surface area contributed by atoms with Crippen LogP contribution in [0.15, 0.2) is 12.1 Å². The highest BCUT2D eigenvalue weighted by atomic mass is 32.2. The summed E-state index contributed by atoms with van der Waals surface area (Å²) in [6, 6.07) is 3.84. The van der Waals surface area contributed by atoms with Crippen molar-refractivity contribution in [2.75, 3.05) is 11.5 Å². The van der Waals surface area contributed by atoms with Crippen molar-refractivity contribution in [1.29, 1.82) is 0 Å². The third-order valence-corrected chi connectivity index (χ3v) is 4.98. The molecule has 0 bridgehead atoms. The van der Waals surface area contributed by atoms with E-state index in [0.717, 1.165) is 29.5 Å². The van der Waals surface area contributed by atoms with E-state index < -0.39 is 9.84 Å². The molecule has 0 aliphatic rings. The number of sulfone groups is 1. The molecule has 1 rings (SSSR count). The van der Waals surface area contributed by atoms with Crippen LogP contribution in [0.2, 0.25) is 0 Å². The summed E-state index contributed by atoms with van der Waals surface area (Å²) in [5.41, 5.74) is 3.37. The summed E-state index contributed by atoms with van der Waals surface area (Å²) in [4.78, 5) is 12.3. The summed E-state index contributed by atoms with van der Waals surface area (Å²) in [5.74, 6) is -0.547. The van der Waals surface area contributed by atoms with Gasteiger partial charge >= 0.3 is 0 Å². The van der Waals surface area contributed by atoms with Crippen molar-refractivity contribution >= 4 is 15.6 Å². The second-order valence-electron chi connectivity index (χ2n) is 5.50. The van der Waals surface area contributed by atoms with Gasteiger partial charge in [-0.1, -0.05) is 37.5 Å². The van der Waals surface area contributed by atoms with Crippen LogP contribution in [-0.4, -0.2) is 25.7 Å². The molecule has 0 unspecified atom stereocenters. The molecule has 0 saturated heterocycles. The molecular formula is C16H24O3S. The maximum Gasteiger partial charge on any atom is 0.178 e. The van der Waals surface area contributed by atoms with Gasteiger partial charge in [0.25, 0.3) is 0 Å². The molecule has 0 amide bonds. The second kappa shape index (κ2) is 7.02. The van der Waals surface area contributed by atoms with E-state index in [1.807, 2.05) is 39.8 Å². The fourth-order valence-electron chi connectivity index (χ4n) is 2.54. The first-order valence-corrected chi connectivity index (χ1v) is 8.90. The van der Waals surface area contributed by atoms with Gasteiger partial charge in [0.05, 0.1) is 5.75 Å². The smallest absolute Gasteiger partial charge is 0.178 e. The molecule has 1 aromatic carbocycles. The third kappa shape index (κ3) is 4.75. The van der Waals surface area contributed by atoms with E-state index in [2.05, 4.69) is 0 Å². The van der Waals surface area contributed by atoms with Crippen molar-refractivity contribution in [3.8, 4) is 0 Å². The van der Waals surface area contributed by atoms with Gasteiger partial charge in [0.15, 0.2) is 15.6 Å². The van der Waals surface area contributed by atoms with E-state index in [4.69, 9.17) is 0 Å². The van der Waals surface area contributed by atoms with Crippen LogP contribution in [0.25, 0.3) is 0 Å². The molecule has 112 valence electrons. The highest BCUT2D eigenvalue weighted by Crippen LogP contribution is 2.18. The Labute approximate surface area is 122 Å². The highest BCUT2D eigenvalue weighted by molar-refractivity contribution is 7.92. The largest absolute Gasteiger partial charge is 0.293 e. The van der Waals surface area contributed by atoms with Crippen LogP contribution in [0, 0.1) is 20.8 Å². The monoisotopic (exact) mass is 296 g/mol. The predicted molar refractivity (Wildman–Crippen MR) is 83.2 cm³/mol. The minimum Gasteiger partial charge on any atom is -0.293 e. The lowest BCUT2D eigenvalue weighted by atomic mass is 9.97. The van der Waals surface area contributed by atoms with Crippen molar-refractivity contribution in [3.05, 3.63) is 34.4 Å². The van der Waals surface area contributed by atoms with Gasteiger partial charge in [0.2, 0.25) is 0 Å². The van der Waals surface area contributed by atoms with Gasteiger partial charge in [-0.05, 0) is 38.3 Å². The highest BCUT2D eigenvalue weighted by Gasteiger charge is 2.20. The number of rotatable bonds is 7. The van der Waals surface area contributed by atoms with Crippen molar-refractivity contribution < 1.29 is 13.2 Å². The average Bonchev–Trinajstić information content (AvgIpc) is 2.26. The molecular weight excluding hydrogens is 272 g/mol. The Morgan fingerprint density at radius 1 is 1.05 bits per heavy atom. The second-order valence-corrected chi connectivity index (χ2v) is 7.68. The van der Waals surface area contributed by atoms with E-state index in [0.29, 0.717) is 12.0 Å². The van der Waals surface area contributed by atoms with Gasteiger partial charge in [-0.25, -0.2) is 8.42 Å². The quantitative estimate of drug-likeness (QED) is 0.572. The Bertz CT molecular complexity index is 563. The number of hydrogen-bond donors (Lipinski definition) is 0. The summed E-state index contributed by atoms with van der Waals surface area (Å²) in [5, 5.41) is 0. The van der Waals surface area contributed by atoms with Gasteiger partial charge in [-0.2, -0.15) is 0 Å². The SMILES string of the molecule is CCCCCS(=O)(=O)CC(=O)c1c(C)cc(C)cc1C. The Hall–Kier alpha value is -1.16. The molecule has 0 aliphatic heterocycles. The van der Waals surface area contributed by atoms with Crippen LogP contribution >= 0.6 is 0 Å². The zero-order chi connectivity index (χ0) is 15.3. The van der Waals surface area contributed by atoms with Crippen molar-refractivity contribution in [1.82, 2.24) is 0 Å². The van der Waals surface area contributed by atoms with E-state index >= 15 is 0 Å². The number of benzene rings is 1. The average molecular weight is 296 g/mol. The molecule has 0 saturated carbocycles. The summed E-state index contributed by atoms with van der Waals surface area (Å²) in [6.07, 6.45) is 2.49. The van der Waals surface area contributed by atoms with Gasteiger partial charge < -0.3 is 0 Å². The van der Waals surface area contributed by atoms with Crippen LogP contribution < -0.4 is 0 Å². The van der Waals surface area contributed by atoms with E-state index in [-0.39, 0.29) is 17.3 Å². The first-order valence-electron chi connectivity index (χ1n) is 7.08. The van der Waals surface area contributed by atoms with Crippen molar-refractivity contribution in [3.63, 3.8) is 0 Å². The number of Topliss-reactive ketones (excluding diaryl/α,β-unsaturated/α-hetero) is 1. The zero-order valence-corrected chi connectivity index (χ0v) is 13.6. The molecule has 4 heteroatoms. The van der Waals surface area contributed by atoms with Crippen LogP contribution in [-0.2, 0) is 9.84 Å². The Morgan fingerprint density at radius 3 is 2.10 bits per heavy atom. The van der Waals surface area contributed by atoms with Gasteiger partial charge in [0.1, 0.15) is 5.75 Å². The fourth-order valence-corrected chi connectivity index (χ4v) is 3.87. The molecule has 0 fully saturated rings. The molecule has 0 aliphatic carbocycles. The van der Waals surface area contributed by atoms with Gasteiger partial charge in [0, 0.05) is 5.56 Å². The molecule has 0 atom stereocenters. The number of carbonyl (C=O) groups excluding carboxylic acids is 1. The molecule has 1 aromatic rings. The first kappa shape index (κ1) is 16.9. The summed E-state index contributed by atoms with van der Waals surface area (Å²) in [7, 11) is -3.29. The standard InChI is InChI=1S/C16H24O3S/c1-5-6-7-8-20(18,19)11-15(17)16-13(3)9-12(2)10-14(16)4/h9-10H,5-8,11H2,1-4H3. The molecule has 0 heterocycles. The van der Waals surface area contributed by atoms with Crippen LogP contribution in [0.5, 0.6) is 0 Å². The van der Waals surface area contributed by atoms with Gasteiger partial charge in [-0.15, -0.1) is 0 Å². The first-order chi connectivity index (χ1) is 9.26. The minimum atomic E-state index is -3.29. The van der Waals surface area contributed by atoms with Crippen molar-refractivity contribution in [2.24, 2.45) is 0 Å². The molecule has 0 spiro atoms. The van der Waals surface area contributed by atoms with Crippen LogP contribution in [0.4, 0.5) is 0 Å². The molecule has 0 radical (unpaired) electrons. The summed E-state index contributed by atoms with van der Waals surface area (Å²) < 4.78 is 23.9. The lowest BCUT2D eigenvalue weighted by Crippen LogP contribution is -2.20. The number of ketones is 1. The Morgan fingerprint density at radius 2 is 1.60 bits per heavy atom. The molecule has 0 N–H and O–H groups in total. The number of hydrogen-bond acceptors (Lipinski definition) is 3. The lowest BCUT2D eigenvalue weighted by molar-refractivity contribution is 0.102. The van der Waals surface area contributed by atoms with E-state index in [1.54, 1.807) is 0 Å². The molecule has 0 aromatic heterocycles. The minimum absolute atomic E-state index is 0.108. The van der Waals surface area contributed by atoms with Crippen LogP contribution in [0.1, 0.15) is 53.2 Å². The number of carbonyl (C=O) groups is 1. The number of unbranched alkanes of at least 4 members (excludes halogenated alkanes) is 2. The maximum absolute atomic E-state index is 12.3. The Balaban J connectivity index is 2.87. The zero-order valence-electron chi connectivity index (χ0n) is 12.8. The lowest BCUT2D eigenvalue weighted by Gasteiger charge is -2.10. The van der Waals surface area contributed by atoms with Crippen LogP contribution in [0.3, 0.4) is 0 Å². The Kier molecular flexibility index (Phi) is 5.93.